The van der Waals surface area contributed by atoms with Crippen molar-refractivity contribution in [3.8, 4) is 17.2 Å². The maximum Gasteiger partial charge on any atom is 0.169 e. The predicted octanol–water partition coefficient (Wildman–Crippen LogP) is 0.705. The summed E-state index contributed by atoms with van der Waals surface area (Å²) in [5.41, 5.74) is 6.41. The lowest BCUT2D eigenvalue weighted by atomic mass is 10.0. The van der Waals surface area contributed by atoms with Crippen LogP contribution in [-0.2, 0) is 0 Å². The Hall–Kier alpha value is -1.46. The van der Waals surface area contributed by atoms with Gasteiger partial charge in [0.15, 0.2) is 11.5 Å². The Balaban J connectivity index is 3.36. The molecule has 0 aromatic heterocycles. The second-order valence-electron chi connectivity index (χ2n) is 3.21. The van der Waals surface area contributed by atoms with Gasteiger partial charge in [-0.3, -0.25) is 0 Å². The molecule has 1 atom stereocenters. The Morgan fingerprint density at radius 1 is 1.12 bits per heavy atom. The summed E-state index contributed by atoms with van der Waals surface area (Å²) in [5.74, 6) is 1.62. The van der Waals surface area contributed by atoms with E-state index >= 15 is 0 Å². The summed E-state index contributed by atoms with van der Waals surface area (Å²) in [4.78, 5) is 0. The van der Waals surface area contributed by atoms with Gasteiger partial charge in [-0.15, -0.1) is 0 Å². The van der Waals surface area contributed by atoms with Gasteiger partial charge in [0.2, 0.25) is 0 Å². The van der Waals surface area contributed by atoms with Crippen LogP contribution in [0.2, 0.25) is 0 Å². The molecule has 0 bridgehead atoms. The number of hydrogen-bond donors (Lipinski definition) is 2. The fourth-order valence-corrected chi connectivity index (χ4v) is 1.55. The lowest BCUT2D eigenvalue weighted by Gasteiger charge is -2.19. The van der Waals surface area contributed by atoms with E-state index in [1.54, 1.807) is 19.2 Å². The van der Waals surface area contributed by atoms with E-state index in [2.05, 4.69) is 0 Å². The SMILES string of the molecule is COc1ccc(OC)c(C(N)CO)c1OC. The minimum Gasteiger partial charge on any atom is -0.496 e. The summed E-state index contributed by atoms with van der Waals surface area (Å²) in [5, 5.41) is 9.11. The quantitative estimate of drug-likeness (QED) is 0.774. The van der Waals surface area contributed by atoms with E-state index < -0.39 is 6.04 Å². The number of aliphatic hydroxyl groups excluding tert-OH is 1. The van der Waals surface area contributed by atoms with Gasteiger partial charge in [0.25, 0.3) is 0 Å². The molecule has 1 rings (SSSR count). The van der Waals surface area contributed by atoms with Gasteiger partial charge in [0.05, 0.1) is 39.5 Å². The predicted molar refractivity (Wildman–Crippen MR) is 60.1 cm³/mol. The van der Waals surface area contributed by atoms with E-state index in [1.807, 2.05) is 0 Å². The zero-order valence-corrected chi connectivity index (χ0v) is 9.69. The van der Waals surface area contributed by atoms with Gasteiger partial charge in [-0.1, -0.05) is 0 Å². The first-order valence-electron chi connectivity index (χ1n) is 4.84. The molecule has 5 nitrogen and oxygen atoms in total. The molecule has 1 unspecified atom stereocenters. The molecule has 0 aliphatic carbocycles. The summed E-state index contributed by atoms with van der Waals surface area (Å²) in [6.07, 6.45) is 0. The van der Waals surface area contributed by atoms with Gasteiger partial charge in [-0.2, -0.15) is 0 Å². The number of hydrogen-bond acceptors (Lipinski definition) is 5. The summed E-state index contributed by atoms with van der Waals surface area (Å²) in [6, 6.07) is 2.89. The van der Waals surface area contributed by atoms with Crippen LogP contribution in [0.25, 0.3) is 0 Å². The summed E-state index contributed by atoms with van der Waals surface area (Å²) in [7, 11) is 4.60. The molecule has 0 heterocycles. The highest BCUT2D eigenvalue weighted by Gasteiger charge is 2.20. The van der Waals surface area contributed by atoms with Crippen LogP contribution in [0.1, 0.15) is 11.6 Å². The van der Waals surface area contributed by atoms with Gasteiger partial charge in [0, 0.05) is 0 Å². The molecule has 0 aliphatic heterocycles. The number of aliphatic hydroxyl groups is 1. The van der Waals surface area contributed by atoms with E-state index in [4.69, 9.17) is 25.1 Å². The van der Waals surface area contributed by atoms with Crippen LogP contribution in [-0.4, -0.2) is 33.0 Å². The second-order valence-corrected chi connectivity index (χ2v) is 3.21. The molecular weight excluding hydrogens is 210 g/mol. The highest BCUT2D eigenvalue weighted by Crippen LogP contribution is 2.40. The van der Waals surface area contributed by atoms with Crippen molar-refractivity contribution < 1.29 is 19.3 Å². The number of ether oxygens (including phenoxy) is 3. The first kappa shape index (κ1) is 12.6. The molecule has 0 radical (unpaired) electrons. The second kappa shape index (κ2) is 5.58. The molecule has 0 spiro atoms. The fourth-order valence-electron chi connectivity index (χ4n) is 1.55. The Labute approximate surface area is 94.7 Å². The van der Waals surface area contributed by atoms with Crippen molar-refractivity contribution in [2.75, 3.05) is 27.9 Å². The Morgan fingerprint density at radius 3 is 2.12 bits per heavy atom. The molecule has 0 saturated carbocycles. The Morgan fingerprint density at radius 2 is 1.69 bits per heavy atom. The smallest absolute Gasteiger partial charge is 0.169 e. The fraction of sp³-hybridized carbons (Fsp3) is 0.455. The highest BCUT2D eigenvalue weighted by atomic mass is 16.5. The zero-order valence-electron chi connectivity index (χ0n) is 9.69. The molecule has 0 fully saturated rings. The van der Waals surface area contributed by atoms with Crippen molar-refractivity contribution in [1.29, 1.82) is 0 Å². The minimum atomic E-state index is -0.569. The van der Waals surface area contributed by atoms with Crippen LogP contribution in [0.4, 0.5) is 0 Å². The third-order valence-corrected chi connectivity index (χ3v) is 2.33. The van der Waals surface area contributed by atoms with E-state index in [0.717, 1.165) is 0 Å². The maximum atomic E-state index is 9.11. The van der Waals surface area contributed by atoms with E-state index in [-0.39, 0.29) is 6.61 Å². The molecule has 0 amide bonds. The first-order chi connectivity index (χ1) is 7.69. The molecule has 90 valence electrons. The summed E-state index contributed by atoms with van der Waals surface area (Å²) < 4.78 is 15.6. The monoisotopic (exact) mass is 227 g/mol. The normalized spacial score (nSPS) is 12.1. The van der Waals surface area contributed by atoms with Crippen LogP contribution in [0.5, 0.6) is 17.2 Å². The van der Waals surface area contributed by atoms with Crippen LogP contribution in [0.15, 0.2) is 12.1 Å². The lowest BCUT2D eigenvalue weighted by molar-refractivity contribution is 0.258. The average molecular weight is 227 g/mol. The van der Waals surface area contributed by atoms with Crippen LogP contribution in [0.3, 0.4) is 0 Å². The van der Waals surface area contributed by atoms with Crippen molar-refractivity contribution in [2.45, 2.75) is 6.04 Å². The molecule has 0 saturated heterocycles. The average Bonchev–Trinajstić information content (AvgIpc) is 2.35. The molecule has 1 aromatic rings. The first-order valence-corrected chi connectivity index (χ1v) is 4.84. The van der Waals surface area contributed by atoms with Gasteiger partial charge >= 0.3 is 0 Å². The van der Waals surface area contributed by atoms with Crippen molar-refractivity contribution in [3.63, 3.8) is 0 Å². The van der Waals surface area contributed by atoms with Crippen LogP contribution < -0.4 is 19.9 Å². The van der Waals surface area contributed by atoms with E-state index in [1.165, 1.54) is 14.2 Å². The van der Waals surface area contributed by atoms with Gasteiger partial charge in [-0.25, -0.2) is 0 Å². The van der Waals surface area contributed by atoms with E-state index in [9.17, 15) is 0 Å². The third-order valence-electron chi connectivity index (χ3n) is 2.33. The van der Waals surface area contributed by atoms with Gasteiger partial charge in [0.1, 0.15) is 5.75 Å². The topological polar surface area (TPSA) is 73.9 Å². The largest absolute Gasteiger partial charge is 0.496 e. The zero-order chi connectivity index (χ0) is 12.1. The highest BCUT2D eigenvalue weighted by molar-refractivity contribution is 5.55. The number of rotatable bonds is 5. The molecule has 3 N–H and O–H groups in total. The van der Waals surface area contributed by atoms with Crippen molar-refractivity contribution >= 4 is 0 Å². The van der Waals surface area contributed by atoms with Crippen molar-refractivity contribution in [3.05, 3.63) is 17.7 Å². The molecule has 1 aromatic carbocycles. The number of methoxy groups -OCH3 is 3. The standard InChI is InChI=1S/C11H17NO4/c1-14-8-4-5-9(15-2)11(16-3)10(8)7(12)6-13/h4-5,7,13H,6,12H2,1-3H3. The van der Waals surface area contributed by atoms with E-state index in [0.29, 0.717) is 22.8 Å². The molecule has 16 heavy (non-hydrogen) atoms. The lowest BCUT2D eigenvalue weighted by Crippen LogP contribution is -2.17. The van der Waals surface area contributed by atoms with Crippen LogP contribution in [0, 0.1) is 0 Å². The maximum absolute atomic E-state index is 9.11. The van der Waals surface area contributed by atoms with Crippen LogP contribution >= 0.6 is 0 Å². The van der Waals surface area contributed by atoms with Gasteiger partial charge in [-0.05, 0) is 12.1 Å². The number of nitrogens with two attached hydrogens (primary N) is 1. The Kier molecular flexibility index (Phi) is 4.39. The number of benzene rings is 1. The minimum absolute atomic E-state index is 0.195. The van der Waals surface area contributed by atoms with Crippen molar-refractivity contribution in [1.82, 2.24) is 0 Å². The van der Waals surface area contributed by atoms with Gasteiger partial charge < -0.3 is 25.1 Å². The molecule has 0 aliphatic rings. The Bertz CT molecular complexity index is 354. The molecule has 5 heteroatoms. The summed E-state index contributed by atoms with van der Waals surface area (Å²) in [6.45, 7) is -0.195. The van der Waals surface area contributed by atoms with Crippen molar-refractivity contribution in [2.24, 2.45) is 5.73 Å². The third kappa shape index (κ3) is 2.20. The summed E-state index contributed by atoms with van der Waals surface area (Å²) >= 11 is 0. The molecular formula is C11H17NO4.